The average molecular weight is 349 g/mol. The van der Waals surface area contributed by atoms with Crippen molar-refractivity contribution in [3.05, 3.63) is 48.5 Å². The Labute approximate surface area is 140 Å². The molecule has 1 aliphatic heterocycles. The molecule has 0 saturated heterocycles. The molecule has 1 unspecified atom stereocenters. The zero-order chi connectivity index (χ0) is 17.2. The maximum Gasteiger partial charge on any atom is 0.315 e. The molecular formula is C15H19N5O3S. The fraction of sp³-hybridized carbons (Fsp3) is 0.333. The topological polar surface area (TPSA) is 110 Å². The second-order valence-electron chi connectivity index (χ2n) is 5.75. The molecule has 8 nitrogen and oxygen atoms in total. The molecule has 3 N–H and O–H groups in total. The van der Waals surface area contributed by atoms with E-state index in [1.807, 2.05) is 10.8 Å². The summed E-state index contributed by atoms with van der Waals surface area (Å²) in [5, 5.41) is 0. The number of nitrogens with zero attached hydrogens (tertiary/aromatic N) is 3. The van der Waals surface area contributed by atoms with E-state index < -0.39 is 16.1 Å². The van der Waals surface area contributed by atoms with Gasteiger partial charge in [0, 0.05) is 37.9 Å². The Bertz CT molecular complexity index is 819. The third-order valence-electron chi connectivity index (χ3n) is 3.99. The van der Waals surface area contributed by atoms with E-state index in [-0.39, 0.29) is 17.4 Å². The molecule has 3 rings (SSSR count). The third kappa shape index (κ3) is 3.57. The predicted octanol–water partition coefficient (Wildman–Crippen LogP) is 0.372. The molecule has 9 heteroatoms. The van der Waals surface area contributed by atoms with Gasteiger partial charge in [0.1, 0.15) is 5.82 Å². The number of carbonyl (C=O) groups is 1. The van der Waals surface area contributed by atoms with Crippen LogP contribution < -0.4 is 10.5 Å². The number of nitrogens with two attached hydrogens (primary N) is 1. The minimum absolute atomic E-state index is 0.105. The maximum absolute atomic E-state index is 12.3. The smallest absolute Gasteiger partial charge is 0.315 e. The molecule has 0 bridgehead atoms. The second kappa shape index (κ2) is 6.62. The van der Waals surface area contributed by atoms with Crippen LogP contribution in [-0.2, 0) is 23.1 Å². The van der Waals surface area contributed by atoms with E-state index >= 15 is 0 Å². The summed E-state index contributed by atoms with van der Waals surface area (Å²) in [6.45, 7) is 1.47. The number of primary amides is 1. The van der Waals surface area contributed by atoms with Crippen LogP contribution in [0.4, 0.5) is 4.79 Å². The van der Waals surface area contributed by atoms with Crippen LogP contribution in [0.25, 0.3) is 0 Å². The van der Waals surface area contributed by atoms with Crippen molar-refractivity contribution in [2.45, 2.75) is 18.0 Å². The molecular weight excluding hydrogens is 330 g/mol. The maximum atomic E-state index is 12.3. The molecule has 0 saturated carbocycles. The first-order chi connectivity index (χ1) is 11.5. The fourth-order valence-corrected chi connectivity index (χ4v) is 3.89. The number of hydrogen-bond acceptors (Lipinski definition) is 4. The van der Waals surface area contributed by atoms with Crippen molar-refractivity contribution >= 4 is 16.1 Å². The van der Waals surface area contributed by atoms with E-state index in [4.69, 9.17) is 5.73 Å². The van der Waals surface area contributed by atoms with Gasteiger partial charge >= 0.3 is 6.03 Å². The van der Waals surface area contributed by atoms with Gasteiger partial charge in [0.15, 0.2) is 0 Å². The number of urea groups is 1. The summed E-state index contributed by atoms with van der Waals surface area (Å²) in [5.41, 5.74) is 5.41. The molecule has 0 fully saturated rings. The van der Waals surface area contributed by atoms with Crippen molar-refractivity contribution in [3.8, 4) is 0 Å². The number of rotatable bonds is 4. The van der Waals surface area contributed by atoms with Crippen molar-refractivity contribution in [3.63, 3.8) is 0 Å². The molecule has 1 aliphatic rings. The lowest BCUT2D eigenvalue weighted by atomic mass is 10.1. The Morgan fingerprint density at radius 2 is 2.04 bits per heavy atom. The van der Waals surface area contributed by atoms with Crippen molar-refractivity contribution in [1.29, 1.82) is 0 Å². The number of benzene rings is 1. The van der Waals surface area contributed by atoms with Gasteiger partial charge < -0.3 is 15.2 Å². The van der Waals surface area contributed by atoms with Gasteiger partial charge in [-0.25, -0.2) is 22.9 Å². The largest absolute Gasteiger partial charge is 0.351 e. The molecule has 2 heterocycles. The van der Waals surface area contributed by atoms with Gasteiger partial charge in [-0.1, -0.05) is 18.2 Å². The van der Waals surface area contributed by atoms with Gasteiger partial charge in [-0.3, -0.25) is 0 Å². The number of amides is 2. The highest BCUT2D eigenvalue weighted by molar-refractivity contribution is 7.89. The first kappa shape index (κ1) is 16.5. The number of aromatic nitrogens is 2. The highest BCUT2D eigenvalue weighted by Crippen LogP contribution is 2.16. The normalized spacial score (nSPS) is 18.0. The van der Waals surface area contributed by atoms with Gasteiger partial charge in [-0.2, -0.15) is 0 Å². The zero-order valence-corrected chi connectivity index (χ0v) is 13.8. The summed E-state index contributed by atoms with van der Waals surface area (Å²) in [6.07, 6.45) is 3.48. The number of fused-ring (bicyclic) bond motifs is 1. The molecule has 1 atom stereocenters. The molecule has 1 aromatic carbocycles. The minimum atomic E-state index is -3.58. The number of hydrogen-bond donors (Lipinski definition) is 2. The van der Waals surface area contributed by atoms with Crippen molar-refractivity contribution < 1.29 is 13.2 Å². The molecule has 128 valence electrons. The lowest BCUT2D eigenvalue weighted by Gasteiger charge is -2.22. The summed E-state index contributed by atoms with van der Waals surface area (Å²) < 4.78 is 29.2. The van der Waals surface area contributed by atoms with Crippen LogP contribution in [0.1, 0.15) is 5.82 Å². The summed E-state index contributed by atoms with van der Waals surface area (Å²) in [4.78, 5) is 17.5. The number of sulfonamides is 1. The van der Waals surface area contributed by atoms with Crippen LogP contribution in [0, 0.1) is 5.92 Å². The van der Waals surface area contributed by atoms with Crippen LogP contribution in [0.3, 0.4) is 0 Å². The Balaban J connectivity index is 1.73. The summed E-state index contributed by atoms with van der Waals surface area (Å²) >= 11 is 0. The van der Waals surface area contributed by atoms with Gasteiger partial charge in [-0.15, -0.1) is 0 Å². The molecule has 0 aliphatic carbocycles. The Hall–Kier alpha value is -2.39. The molecule has 2 aromatic rings. The average Bonchev–Trinajstić information content (AvgIpc) is 2.91. The fourth-order valence-electron chi connectivity index (χ4n) is 2.75. The van der Waals surface area contributed by atoms with Crippen LogP contribution in [0.5, 0.6) is 0 Å². The Morgan fingerprint density at radius 1 is 1.29 bits per heavy atom. The Kier molecular flexibility index (Phi) is 4.54. The predicted molar refractivity (Wildman–Crippen MR) is 87.3 cm³/mol. The lowest BCUT2D eigenvalue weighted by molar-refractivity contribution is 0.196. The SMILES string of the molecule is NC(=O)N1Cc2nccn2CC(CNS(=O)(=O)c2ccccc2)C1. The van der Waals surface area contributed by atoms with Gasteiger partial charge in [0.2, 0.25) is 10.0 Å². The quantitative estimate of drug-likeness (QED) is 0.831. The number of carbonyl (C=O) groups excluding carboxylic acids is 1. The zero-order valence-electron chi connectivity index (χ0n) is 13.0. The molecule has 0 spiro atoms. The summed E-state index contributed by atoms with van der Waals surface area (Å²) in [7, 11) is -3.58. The van der Waals surface area contributed by atoms with Crippen LogP contribution in [-0.4, -0.2) is 42.0 Å². The summed E-state index contributed by atoms with van der Waals surface area (Å²) in [5.74, 6) is 0.633. The van der Waals surface area contributed by atoms with Crippen molar-refractivity contribution in [2.24, 2.45) is 11.7 Å². The minimum Gasteiger partial charge on any atom is -0.351 e. The van der Waals surface area contributed by atoms with Crippen molar-refractivity contribution in [1.82, 2.24) is 19.2 Å². The molecule has 24 heavy (non-hydrogen) atoms. The Morgan fingerprint density at radius 3 is 2.75 bits per heavy atom. The van der Waals surface area contributed by atoms with Gasteiger partial charge in [-0.05, 0) is 12.1 Å². The van der Waals surface area contributed by atoms with Crippen LogP contribution in [0.15, 0.2) is 47.6 Å². The van der Waals surface area contributed by atoms with E-state index in [9.17, 15) is 13.2 Å². The second-order valence-corrected chi connectivity index (χ2v) is 7.51. The van der Waals surface area contributed by atoms with E-state index in [1.54, 1.807) is 36.5 Å². The highest BCUT2D eigenvalue weighted by atomic mass is 32.2. The van der Waals surface area contributed by atoms with E-state index in [0.717, 1.165) is 5.82 Å². The van der Waals surface area contributed by atoms with Gasteiger partial charge in [0.05, 0.1) is 11.4 Å². The number of nitrogens with one attached hydrogen (secondary N) is 1. The molecule has 2 amide bonds. The van der Waals surface area contributed by atoms with Crippen LogP contribution in [0.2, 0.25) is 0 Å². The van der Waals surface area contributed by atoms with Gasteiger partial charge in [0.25, 0.3) is 0 Å². The molecule has 1 aromatic heterocycles. The van der Waals surface area contributed by atoms with E-state index in [2.05, 4.69) is 9.71 Å². The molecule has 0 radical (unpaired) electrons. The van der Waals surface area contributed by atoms with Crippen LogP contribution >= 0.6 is 0 Å². The first-order valence-corrected chi connectivity index (χ1v) is 9.03. The standard InChI is InChI=1S/C15H19N5O3S/c16-15(21)20-10-12(9-19-7-6-17-14(19)11-20)8-18-24(22,23)13-4-2-1-3-5-13/h1-7,12,18H,8-11H2,(H2,16,21). The monoisotopic (exact) mass is 349 g/mol. The summed E-state index contributed by atoms with van der Waals surface area (Å²) in [6, 6.07) is 7.65. The van der Waals surface area contributed by atoms with E-state index in [0.29, 0.717) is 19.6 Å². The highest BCUT2D eigenvalue weighted by Gasteiger charge is 2.25. The van der Waals surface area contributed by atoms with E-state index in [1.165, 1.54) is 4.90 Å². The first-order valence-electron chi connectivity index (χ1n) is 7.55. The lowest BCUT2D eigenvalue weighted by Crippen LogP contribution is -2.41. The van der Waals surface area contributed by atoms with Crippen molar-refractivity contribution in [2.75, 3.05) is 13.1 Å². The number of imidazole rings is 1. The third-order valence-corrected chi connectivity index (χ3v) is 5.43.